The number of hydrogen-bond acceptors (Lipinski definition) is 5. The number of rotatable bonds is 6. The smallest absolute Gasteiger partial charge is 0.338 e. The number of carbonyl (C=O) groups excluding carboxylic acids is 2. The van der Waals surface area contributed by atoms with E-state index in [2.05, 4.69) is 5.32 Å². The summed E-state index contributed by atoms with van der Waals surface area (Å²) in [4.78, 5) is 33.4. The Morgan fingerprint density at radius 3 is 2.16 bits per heavy atom. The Balaban J connectivity index is 4.63. The van der Waals surface area contributed by atoms with Crippen LogP contribution in [0.1, 0.15) is 33.6 Å². The van der Waals surface area contributed by atoms with E-state index >= 15 is 0 Å². The van der Waals surface area contributed by atoms with E-state index in [4.69, 9.17) is 21.3 Å². The Morgan fingerprint density at radius 1 is 1.26 bits per heavy atom. The fraction of sp³-hybridized carbons (Fsp3) is 0.727. The maximum atomic E-state index is 11.8. The van der Waals surface area contributed by atoms with Gasteiger partial charge in [0.15, 0.2) is 0 Å². The van der Waals surface area contributed by atoms with E-state index in [0.29, 0.717) is 0 Å². The minimum atomic E-state index is -2.13. The quantitative estimate of drug-likeness (QED) is 0.294. The second-order valence-electron chi connectivity index (χ2n) is 5.17. The summed E-state index contributed by atoms with van der Waals surface area (Å²) in [6, 6.07) is -0.727. The number of ether oxygens (including phenoxy) is 1. The van der Waals surface area contributed by atoms with Crippen molar-refractivity contribution < 1.29 is 24.2 Å². The molecule has 0 rings (SSSR count). The first-order chi connectivity index (χ1) is 8.49. The first-order valence-electron chi connectivity index (χ1n) is 5.78. The van der Waals surface area contributed by atoms with Gasteiger partial charge >= 0.3 is 18.0 Å². The van der Waals surface area contributed by atoms with Gasteiger partial charge in [0.1, 0.15) is 5.60 Å². The monoisotopic (exact) mass is 275 g/mol. The van der Waals surface area contributed by atoms with Crippen molar-refractivity contribution in [2.75, 3.05) is 6.54 Å². The van der Waals surface area contributed by atoms with Gasteiger partial charge in [-0.25, -0.2) is 14.4 Å². The molecule has 0 fully saturated rings. The summed E-state index contributed by atoms with van der Waals surface area (Å²) >= 11 is 0. The van der Waals surface area contributed by atoms with Crippen LogP contribution < -0.4 is 16.8 Å². The van der Waals surface area contributed by atoms with Crippen molar-refractivity contribution in [3.05, 3.63) is 0 Å². The van der Waals surface area contributed by atoms with Gasteiger partial charge in [0.05, 0.1) is 0 Å². The first-order valence-corrected chi connectivity index (χ1v) is 5.78. The van der Waals surface area contributed by atoms with Crippen LogP contribution in [0.25, 0.3) is 0 Å². The van der Waals surface area contributed by atoms with E-state index in [9.17, 15) is 14.4 Å². The SMILES string of the molecule is CC(C)(C)OC(=O)[C@](N)(CCCNC(N)=O)C(=O)O. The second-order valence-corrected chi connectivity index (χ2v) is 5.17. The van der Waals surface area contributed by atoms with Crippen molar-refractivity contribution >= 4 is 18.0 Å². The second kappa shape index (κ2) is 6.37. The summed E-state index contributed by atoms with van der Waals surface area (Å²) in [7, 11) is 0. The molecule has 0 bridgehead atoms. The van der Waals surface area contributed by atoms with Crippen LogP contribution in [0.5, 0.6) is 0 Å². The molecule has 0 saturated carbocycles. The standard InChI is InChI=1S/C11H21N3O5/c1-10(2,3)19-8(17)11(13,7(15)16)5-4-6-14-9(12)18/h4-6,13H2,1-3H3,(H,15,16)(H3,12,14,18)/t11-/m0/s1. The molecular formula is C11H21N3O5. The number of primary amides is 1. The van der Waals surface area contributed by atoms with Crippen LogP contribution in [0.2, 0.25) is 0 Å². The van der Waals surface area contributed by atoms with E-state index < -0.39 is 29.1 Å². The molecule has 0 aliphatic heterocycles. The molecule has 0 aliphatic carbocycles. The predicted molar refractivity (Wildman–Crippen MR) is 67.2 cm³/mol. The largest absolute Gasteiger partial charge is 0.479 e. The minimum Gasteiger partial charge on any atom is -0.479 e. The van der Waals surface area contributed by atoms with E-state index in [1.165, 1.54) is 0 Å². The summed E-state index contributed by atoms with van der Waals surface area (Å²) in [5.41, 5.74) is 7.48. The molecule has 2 amide bonds. The van der Waals surface area contributed by atoms with E-state index in [1.54, 1.807) is 20.8 Å². The molecule has 0 heterocycles. The van der Waals surface area contributed by atoms with Crippen LogP contribution in [0.15, 0.2) is 0 Å². The number of carboxylic acids is 1. The van der Waals surface area contributed by atoms with Crippen molar-refractivity contribution in [3.63, 3.8) is 0 Å². The molecule has 1 atom stereocenters. The number of carbonyl (C=O) groups is 3. The molecule has 110 valence electrons. The van der Waals surface area contributed by atoms with Gasteiger partial charge in [-0.15, -0.1) is 0 Å². The number of carboxylic acid groups (broad SMARTS) is 1. The number of nitrogens with two attached hydrogens (primary N) is 2. The van der Waals surface area contributed by atoms with Crippen molar-refractivity contribution in [1.82, 2.24) is 5.32 Å². The molecular weight excluding hydrogens is 254 g/mol. The lowest BCUT2D eigenvalue weighted by Crippen LogP contribution is -2.57. The zero-order valence-electron chi connectivity index (χ0n) is 11.4. The lowest BCUT2D eigenvalue weighted by molar-refractivity contribution is -0.169. The number of nitrogens with one attached hydrogen (secondary N) is 1. The van der Waals surface area contributed by atoms with Crippen LogP contribution in [0, 0.1) is 0 Å². The molecule has 8 nitrogen and oxygen atoms in total. The Labute approximate surface area is 111 Å². The Bertz CT molecular complexity index is 364. The average molecular weight is 275 g/mol. The molecule has 19 heavy (non-hydrogen) atoms. The topological polar surface area (TPSA) is 145 Å². The number of aliphatic carboxylic acids is 1. The third-order valence-corrected chi connectivity index (χ3v) is 2.19. The third-order valence-electron chi connectivity index (χ3n) is 2.19. The van der Waals surface area contributed by atoms with Crippen LogP contribution >= 0.6 is 0 Å². The van der Waals surface area contributed by atoms with E-state index in [1.807, 2.05) is 0 Å². The number of amides is 2. The first kappa shape index (κ1) is 17.2. The fourth-order valence-corrected chi connectivity index (χ4v) is 1.24. The maximum Gasteiger partial charge on any atom is 0.338 e. The van der Waals surface area contributed by atoms with Gasteiger partial charge in [0, 0.05) is 6.54 Å². The van der Waals surface area contributed by atoms with Crippen molar-refractivity contribution in [2.45, 2.75) is 44.8 Å². The lowest BCUT2D eigenvalue weighted by Gasteiger charge is -2.28. The van der Waals surface area contributed by atoms with Gasteiger partial charge in [-0.3, -0.25) is 0 Å². The zero-order chi connectivity index (χ0) is 15.3. The highest BCUT2D eigenvalue weighted by atomic mass is 16.6. The van der Waals surface area contributed by atoms with Gasteiger partial charge in [-0.1, -0.05) is 0 Å². The van der Waals surface area contributed by atoms with Crippen LogP contribution in [0.4, 0.5) is 4.79 Å². The molecule has 0 radical (unpaired) electrons. The van der Waals surface area contributed by atoms with E-state index in [-0.39, 0.29) is 19.4 Å². The highest BCUT2D eigenvalue weighted by Gasteiger charge is 2.44. The summed E-state index contributed by atoms with van der Waals surface area (Å²) in [6.07, 6.45) is 0.0164. The van der Waals surface area contributed by atoms with Gasteiger partial charge in [-0.2, -0.15) is 0 Å². The third kappa shape index (κ3) is 6.05. The average Bonchev–Trinajstić information content (AvgIpc) is 2.20. The molecule has 0 aromatic carbocycles. The van der Waals surface area contributed by atoms with Crippen molar-refractivity contribution in [1.29, 1.82) is 0 Å². The highest BCUT2D eigenvalue weighted by Crippen LogP contribution is 2.17. The molecule has 0 aromatic rings. The summed E-state index contributed by atoms with van der Waals surface area (Å²) in [5.74, 6) is -2.48. The number of hydrogen-bond donors (Lipinski definition) is 4. The predicted octanol–water partition coefficient (Wildman–Crippen LogP) is -0.441. The minimum absolute atomic E-state index is 0.129. The molecule has 8 heteroatoms. The molecule has 0 saturated heterocycles. The van der Waals surface area contributed by atoms with E-state index in [0.717, 1.165) is 0 Å². The lowest BCUT2D eigenvalue weighted by atomic mass is 9.94. The molecule has 0 aliphatic rings. The maximum absolute atomic E-state index is 11.8. The van der Waals surface area contributed by atoms with Gasteiger partial charge in [0.25, 0.3) is 0 Å². The summed E-state index contributed by atoms with van der Waals surface area (Å²) in [5, 5.41) is 11.4. The molecule has 0 unspecified atom stereocenters. The van der Waals surface area contributed by atoms with Crippen molar-refractivity contribution in [2.24, 2.45) is 11.5 Å². The molecule has 0 spiro atoms. The Kier molecular flexibility index (Phi) is 5.76. The Hall–Kier alpha value is -1.83. The molecule has 6 N–H and O–H groups in total. The van der Waals surface area contributed by atoms with Crippen LogP contribution in [-0.2, 0) is 14.3 Å². The van der Waals surface area contributed by atoms with Crippen LogP contribution in [-0.4, -0.2) is 40.8 Å². The molecule has 0 aromatic heterocycles. The summed E-state index contributed by atoms with van der Waals surface area (Å²) in [6.45, 7) is 4.97. The van der Waals surface area contributed by atoms with Crippen LogP contribution in [0.3, 0.4) is 0 Å². The number of urea groups is 1. The van der Waals surface area contributed by atoms with Gasteiger partial charge in [-0.05, 0) is 33.6 Å². The fourth-order valence-electron chi connectivity index (χ4n) is 1.24. The highest BCUT2D eigenvalue weighted by molar-refractivity contribution is 6.03. The summed E-state index contributed by atoms with van der Waals surface area (Å²) < 4.78 is 4.99. The number of esters is 1. The van der Waals surface area contributed by atoms with Crippen molar-refractivity contribution in [3.8, 4) is 0 Å². The van der Waals surface area contributed by atoms with Gasteiger partial charge in [0.2, 0.25) is 5.54 Å². The zero-order valence-corrected chi connectivity index (χ0v) is 11.4. The van der Waals surface area contributed by atoms with Gasteiger partial charge < -0.3 is 26.6 Å². The normalized spacial score (nSPS) is 14.3. The Morgan fingerprint density at radius 2 is 1.79 bits per heavy atom.